The zero-order valence-corrected chi connectivity index (χ0v) is 12.6. The smallest absolute Gasteiger partial charge is 0.0339 e. The molecule has 1 heteroatoms. The van der Waals surface area contributed by atoms with Crippen molar-refractivity contribution in [1.29, 1.82) is 0 Å². The van der Waals surface area contributed by atoms with Crippen LogP contribution in [0.4, 0.5) is 0 Å². The first kappa shape index (κ1) is 14.7. The molecule has 0 aliphatic rings. The van der Waals surface area contributed by atoms with Crippen LogP contribution in [0.3, 0.4) is 0 Å². The van der Waals surface area contributed by atoms with Gasteiger partial charge in [-0.15, -0.1) is 0 Å². The average Bonchev–Trinajstić information content (AvgIpc) is 2.51. The molecule has 0 unspecified atom stereocenters. The van der Waals surface area contributed by atoms with Gasteiger partial charge < -0.3 is 0 Å². The first-order valence-electron chi connectivity index (χ1n) is 6.60. The van der Waals surface area contributed by atoms with Gasteiger partial charge >= 0.3 is 0 Å². The minimum absolute atomic E-state index is 0. The third-order valence-corrected chi connectivity index (χ3v) is 3.40. The van der Waals surface area contributed by atoms with Crippen molar-refractivity contribution in [2.45, 2.75) is 5.92 Å². The van der Waals surface area contributed by atoms with Gasteiger partial charge in [0.25, 0.3) is 0 Å². The Labute approximate surface area is 134 Å². The largest absolute Gasteiger partial charge is 0.0622 e. The summed E-state index contributed by atoms with van der Waals surface area (Å²) in [5.74, 6) is 0.309. The molecular formula is C19H16Pd. The van der Waals surface area contributed by atoms with E-state index in [4.69, 9.17) is 0 Å². The van der Waals surface area contributed by atoms with Crippen LogP contribution in [0.2, 0.25) is 0 Å². The third-order valence-electron chi connectivity index (χ3n) is 3.40. The van der Waals surface area contributed by atoms with E-state index in [-0.39, 0.29) is 20.4 Å². The van der Waals surface area contributed by atoms with Crippen LogP contribution in [-0.4, -0.2) is 0 Å². The maximum Gasteiger partial charge on any atom is 0.0339 e. The Balaban J connectivity index is 0.00000147. The maximum atomic E-state index is 2.20. The normalized spacial score (nSPS) is 10.1. The number of hydrogen-bond donors (Lipinski definition) is 0. The Morgan fingerprint density at radius 1 is 0.400 bits per heavy atom. The van der Waals surface area contributed by atoms with Crippen LogP contribution in [0, 0.1) is 0 Å². The summed E-state index contributed by atoms with van der Waals surface area (Å²) in [6, 6.07) is 32.0. The second-order valence-electron chi connectivity index (χ2n) is 4.67. The number of benzene rings is 3. The minimum Gasteiger partial charge on any atom is -0.0622 e. The van der Waals surface area contributed by atoms with Gasteiger partial charge in [0, 0.05) is 26.3 Å². The van der Waals surface area contributed by atoms with E-state index in [1.165, 1.54) is 16.7 Å². The van der Waals surface area contributed by atoms with Crippen LogP contribution < -0.4 is 0 Å². The molecule has 0 aliphatic carbocycles. The van der Waals surface area contributed by atoms with E-state index in [1.807, 2.05) is 0 Å². The van der Waals surface area contributed by atoms with Gasteiger partial charge in [0.1, 0.15) is 0 Å². The van der Waals surface area contributed by atoms with Crippen LogP contribution in [0.25, 0.3) is 0 Å². The molecule has 3 aromatic rings. The number of hydrogen-bond acceptors (Lipinski definition) is 0. The fourth-order valence-corrected chi connectivity index (χ4v) is 2.51. The molecule has 3 aromatic carbocycles. The second-order valence-corrected chi connectivity index (χ2v) is 4.67. The molecule has 0 spiro atoms. The van der Waals surface area contributed by atoms with Gasteiger partial charge in [-0.2, -0.15) is 0 Å². The SMILES string of the molecule is [Pd].c1ccc(C(c2ccccc2)c2ccccc2)cc1. The minimum atomic E-state index is 0. The summed E-state index contributed by atoms with van der Waals surface area (Å²) in [6.45, 7) is 0. The number of rotatable bonds is 3. The maximum absolute atomic E-state index is 2.20. The molecule has 0 aliphatic heterocycles. The van der Waals surface area contributed by atoms with E-state index in [0.717, 1.165) is 0 Å². The van der Waals surface area contributed by atoms with E-state index >= 15 is 0 Å². The Kier molecular flexibility index (Phi) is 5.30. The monoisotopic (exact) mass is 350 g/mol. The molecule has 0 aromatic heterocycles. The molecule has 3 rings (SSSR count). The van der Waals surface area contributed by atoms with Crippen LogP contribution in [-0.2, 0) is 20.4 Å². The van der Waals surface area contributed by atoms with Gasteiger partial charge in [0.05, 0.1) is 0 Å². The van der Waals surface area contributed by atoms with Crippen molar-refractivity contribution in [2.75, 3.05) is 0 Å². The summed E-state index contributed by atoms with van der Waals surface area (Å²) in [4.78, 5) is 0. The topological polar surface area (TPSA) is 0 Å². The van der Waals surface area contributed by atoms with Crippen molar-refractivity contribution in [1.82, 2.24) is 0 Å². The Bertz CT molecular complexity index is 524. The first-order chi connectivity index (χ1) is 9.45. The van der Waals surface area contributed by atoms with Crippen LogP contribution in [0.15, 0.2) is 91.0 Å². The summed E-state index contributed by atoms with van der Waals surface area (Å²) in [6.07, 6.45) is 0. The molecule has 102 valence electrons. The first-order valence-corrected chi connectivity index (χ1v) is 6.60. The van der Waals surface area contributed by atoms with Crippen LogP contribution in [0.5, 0.6) is 0 Å². The summed E-state index contributed by atoms with van der Waals surface area (Å²) in [5.41, 5.74) is 4.00. The van der Waals surface area contributed by atoms with Crippen molar-refractivity contribution in [3.8, 4) is 0 Å². The van der Waals surface area contributed by atoms with E-state index in [9.17, 15) is 0 Å². The van der Waals surface area contributed by atoms with E-state index in [1.54, 1.807) is 0 Å². The predicted octanol–water partition coefficient (Wildman–Crippen LogP) is 4.86. The predicted molar refractivity (Wildman–Crippen MR) is 80.3 cm³/mol. The summed E-state index contributed by atoms with van der Waals surface area (Å²) in [7, 11) is 0. The molecule has 20 heavy (non-hydrogen) atoms. The van der Waals surface area contributed by atoms with Crippen molar-refractivity contribution < 1.29 is 20.4 Å². The quantitative estimate of drug-likeness (QED) is 0.467. The fraction of sp³-hybridized carbons (Fsp3) is 0.0526. The molecule has 0 fully saturated rings. The van der Waals surface area contributed by atoms with Crippen LogP contribution in [0.1, 0.15) is 22.6 Å². The third kappa shape index (κ3) is 3.25. The van der Waals surface area contributed by atoms with Crippen LogP contribution >= 0.6 is 0 Å². The zero-order valence-electron chi connectivity index (χ0n) is 11.1. The summed E-state index contributed by atoms with van der Waals surface area (Å²) in [5, 5.41) is 0. The molecule has 0 bridgehead atoms. The Morgan fingerprint density at radius 3 is 0.900 bits per heavy atom. The van der Waals surface area contributed by atoms with E-state index in [0.29, 0.717) is 5.92 Å². The molecule has 0 N–H and O–H groups in total. The Morgan fingerprint density at radius 2 is 0.650 bits per heavy atom. The van der Waals surface area contributed by atoms with Crippen molar-refractivity contribution in [2.24, 2.45) is 0 Å². The Hall–Kier alpha value is -1.68. The fourth-order valence-electron chi connectivity index (χ4n) is 2.51. The molecule has 0 nitrogen and oxygen atoms in total. The van der Waals surface area contributed by atoms with Crippen molar-refractivity contribution in [3.63, 3.8) is 0 Å². The zero-order chi connectivity index (χ0) is 12.9. The van der Waals surface area contributed by atoms with Gasteiger partial charge in [0.2, 0.25) is 0 Å². The molecular weight excluding hydrogens is 335 g/mol. The molecule has 0 heterocycles. The van der Waals surface area contributed by atoms with Gasteiger partial charge in [-0.25, -0.2) is 0 Å². The van der Waals surface area contributed by atoms with Gasteiger partial charge in [0.15, 0.2) is 0 Å². The standard InChI is InChI=1S/C19H16.Pd/c1-4-10-16(11-5-1)19(17-12-6-2-7-13-17)18-14-8-3-9-15-18;/h1-15,19H;. The van der Waals surface area contributed by atoms with Crippen molar-refractivity contribution >= 4 is 0 Å². The van der Waals surface area contributed by atoms with E-state index < -0.39 is 0 Å². The van der Waals surface area contributed by atoms with Gasteiger partial charge in [-0.05, 0) is 16.7 Å². The second kappa shape index (κ2) is 7.20. The molecule has 0 saturated carbocycles. The molecule has 0 saturated heterocycles. The van der Waals surface area contributed by atoms with Gasteiger partial charge in [-0.3, -0.25) is 0 Å². The van der Waals surface area contributed by atoms with Gasteiger partial charge in [-0.1, -0.05) is 91.0 Å². The van der Waals surface area contributed by atoms with E-state index in [2.05, 4.69) is 91.0 Å². The summed E-state index contributed by atoms with van der Waals surface area (Å²) < 4.78 is 0. The molecule has 0 radical (unpaired) electrons. The summed E-state index contributed by atoms with van der Waals surface area (Å²) >= 11 is 0. The average molecular weight is 351 g/mol. The van der Waals surface area contributed by atoms with Crippen molar-refractivity contribution in [3.05, 3.63) is 108 Å². The molecule has 0 atom stereocenters. The molecule has 0 amide bonds.